The van der Waals surface area contributed by atoms with Gasteiger partial charge in [-0.1, -0.05) is 84.6 Å². The van der Waals surface area contributed by atoms with Crippen molar-refractivity contribution >= 4 is 70.4 Å². The summed E-state index contributed by atoms with van der Waals surface area (Å²) in [6.07, 6.45) is 2.82. The van der Waals surface area contributed by atoms with Crippen LogP contribution in [0.3, 0.4) is 0 Å². The molecule has 1 saturated heterocycles. The van der Waals surface area contributed by atoms with Crippen LogP contribution in [0.4, 0.5) is 4.79 Å². The number of hydrogen-bond donors (Lipinski definition) is 3. The third-order valence-corrected chi connectivity index (χ3v) is 9.96. The third-order valence-electron chi connectivity index (χ3n) is 7.71. The van der Waals surface area contributed by atoms with E-state index in [0.717, 1.165) is 10.5 Å². The number of para-hydroxylation sites is 2. The van der Waals surface area contributed by atoms with Gasteiger partial charge in [0.05, 0.1) is 0 Å². The number of likely N-dealkylation sites (N-methyl/N-ethyl adjacent to an activating group) is 1. The number of carboxylic acid groups (broad SMARTS) is 1. The largest absolute Gasteiger partial charge is 0.477 e. The van der Waals surface area contributed by atoms with Gasteiger partial charge in [-0.05, 0) is 34.9 Å². The van der Waals surface area contributed by atoms with E-state index >= 15 is 0 Å². The number of carbonyl (C=O) groups excluding carboxylic acids is 4. The maximum absolute atomic E-state index is 13.6. The number of urea groups is 1. The highest BCUT2D eigenvalue weighted by molar-refractivity contribution is 8.01. The smallest absolute Gasteiger partial charge is 0.352 e. The number of rotatable bonds is 10. The number of hydrogen-bond acceptors (Lipinski definition) is 9. The molecule has 3 aromatic carbocycles. The quantitative estimate of drug-likeness (QED) is 0.125. The number of nitrogens with zero attached hydrogens (tertiary/aromatic N) is 3. The van der Waals surface area contributed by atoms with Crippen LogP contribution in [0.2, 0.25) is 0 Å². The monoisotopic (exact) mass is 683 g/mol. The number of aromatic nitrogens is 1. The summed E-state index contributed by atoms with van der Waals surface area (Å²) in [6, 6.07) is 21.7. The molecule has 3 N–H and O–H groups in total. The topological polar surface area (TPSA) is 162 Å². The first kappa shape index (κ1) is 32.6. The van der Waals surface area contributed by atoms with E-state index in [1.54, 1.807) is 42.5 Å². The molecule has 0 radical (unpaired) electrons. The molecule has 12 nitrogen and oxygen atoms in total. The lowest BCUT2D eigenvalue weighted by atomic mass is 10.0. The average molecular weight is 684 g/mol. The lowest BCUT2D eigenvalue weighted by Gasteiger charge is -2.49. The molecule has 2 aliphatic heterocycles. The molecule has 0 spiro atoms. The molecule has 3 heterocycles. The van der Waals surface area contributed by atoms with Crippen LogP contribution in [0.1, 0.15) is 17.2 Å². The third kappa shape index (κ3) is 6.85. The molecule has 1 unspecified atom stereocenters. The Hall–Kier alpha value is -5.34. The second-order valence-electron chi connectivity index (χ2n) is 10.8. The summed E-state index contributed by atoms with van der Waals surface area (Å²) in [5.74, 6) is -2.59. The zero-order valence-electron chi connectivity index (χ0n) is 25.4. The fraction of sp³-hybridized carbons (Fsp3) is 0.176. The molecular formula is C34H29N5O7S2. The number of imide groups is 1. The molecule has 48 heavy (non-hydrogen) atoms. The van der Waals surface area contributed by atoms with Crippen molar-refractivity contribution in [2.24, 2.45) is 0 Å². The van der Waals surface area contributed by atoms with Gasteiger partial charge in [0.15, 0.2) is 5.58 Å². The molecule has 1 aromatic heterocycles. The number of aliphatic carboxylic acids is 1. The minimum absolute atomic E-state index is 0.130. The number of oxazole rings is 1. The predicted octanol–water partition coefficient (Wildman–Crippen LogP) is 4.28. The highest BCUT2D eigenvalue weighted by atomic mass is 32.2. The van der Waals surface area contributed by atoms with Gasteiger partial charge >= 0.3 is 12.0 Å². The van der Waals surface area contributed by atoms with E-state index in [-0.39, 0.29) is 11.4 Å². The Bertz CT molecular complexity index is 1910. The van der Waals surface area contributed by atoms with Crippen LogP contribution in [0.5, 0.6) is 0 Å². The van der Waals surface area contributed by atoms with E-state index < -0.39 is 47.2 Å². The van der Waals surface area contributed by atoms with Crippen LogP contribution in [0, 0.1) is 0 Å². The number of nitrogens with one attached hydrogen (secondary N) is 2. The zero-order chi connectivity index (χ0) is 33.8. The van der Waals surface area contributed by atoms with Crippen LogP contribution in [0.15, 0.2) is 112 Å². The van der Waals surface area contributed by atoms with Crippen molar-refractivity contribution in [2.75, 3.05) is 18.6 Å². The summed E-state index contributed by atoms with van der Waals surface area (Å²) in [4.78, 5) is 71.7. The standard InChI is InChI=1S/C34H29N5O7S2/c1-38(25(40)17-16-20-10-4-2-5-11-20)33(45)37-26(21-12-6-3-7-13-21)29(41)36-27-30(42)39-28(32(43)44)22(18-47-31(27)39)19-48-34-35-23-14-8-9-15-24(23)46-34/h2-17,26-27,31H,18-19H2,1H3,(H,36,41)(H,37,45)(H,43,44)/t26-,27?,31-/m1/s1. The summed E-state index contributed by atoms with van der Waals surface area (Å²) in [5.41, 5.74) is 2.90. The number of thioether (sulfide) groups is 2. The Balaban J connectivity index is 1.13. The number of fused-ring (bicyclic) bond motifs is 2. The van der Waals surface area contributed by atoms with Crippen molar-refractivity contribution in [3.05, 3.63) is 113 Å². The Labute approximate surface area is 283 Å². The van der Waals surface area contributed by atoms with Gasteiger partial charge in [-0.2, -0.15) is 0 Å². The van der Waals surface area contributed by atoms with Crippen LogP contribution < -0.4 is 10.6 Å². The summed E-state index contributed by atoms with van der Waals surface area (Å²) >= 11 is 2.56. The van der Waals surface area contributed by atoms with E-state index in [2.05, 4.69) is 15.6 Å². The molecule has 2 aliphatic rings. The lowest BCUT2D eigenvalue weighted by Crippen LogP contribution is -2.71. The molecule has 0 aliphatic carbocycles. The molecule has 4 aromatic rings. The number of β-lactam (4-membered cyclic amide) rings is 1. The normalized spacial score (nSPS) is 17.9. The maximum Gasteiger partial charge on any atom is 0.352 e. The molecule has 1 fully saturated rings. The Morgan fingerprint density at radius 1 is 1.06 bits per heavy atom. The summed E-state index contributed by atoms with van der Waals surface area (Å²) in [7, 11) is 1.29. The maximum atomic E-state index is 13.6. The molecule has 0 saturated carbocycles. The minimum Gasteiger partial charge on any atom is -0.477 e. The van der Waals surface area contributed by atoms with Crippen molar-refractivity contribution in [3.8, 4) is 0 Å². The fourth-order valence-electron chi connectivity index (χ4n) is 5.20. The van der Waals surface area contributed by atoms with E-state index in [0.29, 0.717) is 33.2 Å². The Morgan fingerprint density at radius 3 is 2.46 bits per heavy atom. The van der Waals surface area contributed by atoms with Crippen molar-refractivity contribution in [1.82, 2.24) is 25.4 Å². The molecule has 5 amide bonds. The summed E-state index contributed by atoms with van der Waals surface area (Å²) in [6.45, 7) is 0. The Morgan fingerprint density at radius 2 is 1.75 bits per heavy atom. The minimum atomic E-state index is -1.25. The SMILES string of the molecule is CN(C(=O)C=Cc1ccccc1)C(=O)N[C@@H](C(=O)NC1C(=O)N2C(C(=O)O)=C(CSc3nc4ccccc4o3)CS[C@H]12)c1ccccc1. The van der Waals surface area contributed by atoms with Crippen LogP contribution in [0.25, 0.3) is 17.2 Å². The van der Waals surface area contributed by atoms with E-state index in [1.165, 1.54) is 41.5 Å². The Kier molecular flexibility index (Phi) is 9.64. The highest BCUT2D eigenvalue weighted by Gasteiger charge is 2.54. The molecule has 0 bridgehead atoms. The van der Waals surface area contributed by atoms with Gasteiger partial charge in [0.2, 0.25) is 5.91 Å². The summed E-state index contributed by atoms with van der Waals surface area (Å²) in [5, 5.41) is 15.1. The average Bonchev–Trinajstić information content (AvgIpc) is 3.53. The van der Waals surface area contributed by atoms with Crippen molar-refractivity contribution in [1.29, 1.82) is 0 Å². The molecule has 3 atom stereocenters. The van der Waals surface area contributed by atoms with Gasteiger partial charge < -0.3 is 20.2 Å². The van der Waals surface area contributed by atoms with E-state index in [1.807, 2.05) is 48.5 Å². The van der Waals surface area contributed by atoms with Crippen molar-refractivity contribution in [3.63, 3.8) is 0 Å². The number of carbonyl (C=O) groups is 5. The second-order valence-corrected chi connectivity index (χ2v) is 12.9. The predicted molar refractivity (Wildman–Crippen MR) is 180 cm³/mol. The first-order valence-corrected chi connectivity index (χ1v) is 16.8. The van der Waals surface area contributed by atoms with E-state index in [4.69, 9.17) is 4.42 Å². The van der Waals surface area contributed by atoms with E-state index in [9.17, 15) is 29.1 Å². The molecule has 244 valence electrons. The van der Waals surface area contributed by atoms with Gasteiger partial charge in [0.1, 0.15) is 28.7 Å². The lowest BCUT2D eigenvalue weighted by molar-refractivity contribution is -0.151. The second kappa shape index (κ2) is 14.2. The molecule has 14 heteroatoms. The fourth-order valence-corrected chi connectivity index (χ4v) is 7.53. The zero-order valence-corrected chi connectivity index (χ0v) is 27.1. The number of amides is 5. The first-order chi connectivity index (χ1) is 23.2. The highest BCUT2D eigenvalue weighted by Crippen LogP contribution is 2.42. The van der Waals surface area contributed by atoms with Gasteiger partial charge in [0.25, 0.3) is 17.0 Å². The summed E-state index contributed by atoms with van der Waals surface area (Å²) < 4.78 is 5.74. The van der Waals surface area contributed by atoms with Crippen LogP contribution in [-0.4, -0.2) is 79.6 Å². The molecular weight excluding hydrogens is 655 g/mol. The van der Waals surface area contributed by atoms with Gasteiger partial charge in [0, 0.05) is 24.6 Å². The van der Waals surface area contributed by atoms with Gasteiger partial charge in [-0.3, -0.25) is 24.2 Å². The van der Waals surface area contributed by atoms with Gasteiger partial charge in [-0.15, -0.1) is 11.8 Å². The van der Waals surface area contributed by atoms with Gasteiger partial charge in [-0.25, -0.2) is 14.6 Å². The number of benzene rings is 3. The van der Waals surface area contributed by atoms with Crippen LogP contribution >= 0.6 is 23.5 Å². The first-order valence-electron chi connectivity index (χ1n) is 14.8. The number of carboxylic acids is 1. The van der Waals surface area contributed by atoms with Crippen LogP contribution in [-0.2, 0) is 19.2 Å². The van der Waals surface area contributed by atoms with Crippen molar-refractivity contribution < 1.29 is 33.5 Å². The van der Waals surface area contributed by atoms with Crippen molar-refractivity contribution in [2.45, 2.75) is 22.7 Å². The molecule has 6 rings (SSSR count).